The number of piperazine rings is 1. The van der Waals surface area contributed by atoms with Gasteiger partial charge in [-0.1, -0.05) is 24.3 Å². The van der Waals surface area contributed by atoms with Crippen molar-refractivity contribution >= 4 is 23.0 Å². The monoisotopic (exact) mass is 504 g/mol. The number of anilines is 2. The minimum atomic E-state index is -0.431. The van der Waals surface area contributed by atoms with E-state index in [4.69, 9.17) is 4.74 Å². The lowest BCUT2D eigenvalue weighted by Gasteiger charge is -2.49. The third-order valence-corrected chi connectivity index (χ3v) is 7.31. The van der Waals surface area contributed by atoms with Crippen molar-refractivity contribution in [3.8, 4) is 5.75 Å². The van der Waals surface area contributed by atoms with Gasteiger partial charge in [-0.15, -0.1) is 0 Å². The van der Waals surface area contributed by atoms with Crippen LogP contribution in [0.4, 0.5) is 21.5 Å². The van der Waals surface area contributed by atoms with Gasteiger partial charge in [-0.3, -0.25) is 14.9 Å². The van der Waals surface area contributed by atoms with E-state index in [1.54, 1.807) is 31.4 Å². The molecule has 1 N–H and O–H groups in total. The van der Waals surface area contributed by atoms with Crippen LogP contribution >= 0.6 is 0 Å². The predicted octanol–water partition coefficient (Wildman–Crippen LogP) is 3.97. The van der Waals surface area contributed by atoms with Crippen LogP contribution < -0.4 is 19.9 Å². The van der Waals surface area contributed by atoms with Crippen LogP contribution in [0.15, 0.2) is 66.7 Å². The molecule has 0 saturated carbocycles. The summed E-state index contributed by atoms with van der Waals surface area (Å²) in [5, 5.41) is 14.5. The van der Waals surface area contributed by atoms with Gasteiger partial charge in [0.2, 0.25) is 5.91 Å². The first-order valence-electron chi connectivity index (χ1n) is 12.4. The number of nitro benzene ring substituents is 1. The number of nitrogens with zero attached hydrogens (tertiary/aromatic N) is 3. The average molecular weight is 505 g/mol. The van der Waals surface area contributed by atoms with E-state index in [0.717, 1.165) is 22.6 Å². The van der Waals surface area contributed by atoms with E-state index in [-0.39, 0.29) is 23.5 Å². The number of nitro groups is 1. The number of carbonyl (C=O) groups excluding carboxylic acids is 1. The summed E-state index contributed by atoms with van der Waals surface area (Å²) in [6.45, 7) is 2.11. The molecule has 0 aromatic heterocycles. The van der Waals surface area contributed by atoms with Crippen LogP contribution in [-0.4, -0.2) is 50.2 Å². The first-order chi connectivity index (χ1) is 17.9. The summed E-state index contributed by atoms with van der Waals surface area (Å²) in [7, 11) is 1.62. The zero-order valence-corrected chi connectivity index (χ0v) is 20.6. The molecular weight excluding hydrogens is 475 g/mol. The van der Waals surface area contributed by atoms with Gasteiger partial charge in [0.05, 0.1) is 29.7 Å². The SMILES string of the molecule is COc1ccc(CCNC(=O)[C@@H]2Cc3cc([N+](=O)[O-])ccc3N3CCN(c4ccccc4F)C[C@H]23)cc1. The quantitative estimate of drug-likeness (QED) is 0.387. The van der Waals surface area contributed by atoms with E-state index in [9.17, 15) is 19.3 Å². The zero-order chi connectivity index (χ0) is 25.9. The molecule has 1 fully saturated rings. The summed E-state index contributed by atoms with van der Waals surface area (Å²) in [5.74, 6) is -0.0428. The second-order valence-corrected chi connectivity index (χ2v) is 9.43. The first-order valence-corrected chi connectivity index (χ1v) is 12.4. The zero-order valence-electron chi connectivity index (χ0n) is 20.6. The highest BCUT2D eigenvalue weighted by Gasteiger charge is 2.42. The van der Waals surface area contributed by atoms with E-state index in [2.05, 4.69) is 10.2 Å². The van der Waals surface area contributed by atoms with Crippen molar-refractivity contribution < 1.29 is 18.8 Å². The van der Waals surface area contributed by atoms with Gasteiger partial charge in [-0.2, -0.15) is 0 Å². The fourth-order valence-corrected chi connectivity index (χ4v) is 5.40. The molecule has 9 heteroatoms. The van der Waals surface area contributed by atoms with Crippen molar-refractivity contribution in [3.05, 3.63) is 93.8 Å². The number of benzene rings is 3. The van der Waals surface area contributed by atoms with Gasteiger partial charge in [0.1, 0.15) is 11.6 Å². The molecule has 3 aromatic carbocycles. The Bertz CT molecular complexity index is 1300. The molecule has 3 aromatic rings. The Labute approximate surface area is 214 Å². The smallest absolute Gasteiger partial charge is 0.269 e. The van der Waals surface area contributed by atoms with Gasteiger partial charge in [-0.05, 0) is 54.3 Å². The maximum Gasteiger partial charge on any atom is 0.269 e. The van der Waals surface area contributed by atoms with Gasteiger partial charge in [0.25, 0.3) is 5.69 Å². The Balaban J connectivity index is 1.37. The molecule has 37 heavy (non-hydrogen) atoms. The molecule has 1 amide bonds. The highest BCUT2D eigenvalue weighted by molar-refractivity contribution is 5.82. The van der Waals surface area contributed by atoms with Crippen molar-refractivity contribution in [1.82, 2.24) is 5.32 Å². The van der Waals surface area contributed by atoms with E-state index in [0.29, 0.717) is 44.7 Å². The number of hydrogen-bond acceptors (Lipinski definition) is 6. The normalized spacial score (nSPS) is 18.5. The Hall–Kier alpha value is -4.14. The van der Waals surface area contributed by atoms with E-state index >= 15 is 0 Å². The predicted molar refractivity (Wildman–Crippen MR) is 140 cm³/mol. The van der Waals surface area contributed by atoms with Crippen LogP contribution in [0.25, 0.3) is 0 Å². The molecule has 2 atom stereocenters. The lowest BCUT2D eigenvalue weighted by atomic mass is 9.83. The minimum Gasteiger partial charge on any atom is -0.497 e. The number of hydrogen-bond donors (Lipinski definition) is 1. The topological polar surface area (TPSA) is 87.9 Å². The van der Waals surface area contributed by atoms with Crippen molar-refractivity contribution in [2.45, 2.75) is 18.9 Å². The van der Waals surface area contributed by atoms with Gasteiger partial charge < -0.3 is 19.9 Å². The van der Waals surface area contributed by atoms with Gasteiger partial charge in [0.15, 0.2) is 0 Å². The fraction of sp³-hybridized carbons (Fsp3) is 0.321. The number of halogens is 1. The van der Waals surface area contributed by atoms with Crippen LogP contribution in [0.2, 0.25) is 0 Å². The number of rotatable bonds is 7. The minimum absolute atomic E-state index is 0.0147. The van der Waals surface area contributed by atoms with Crippen molar-refractivity contribution in [1.29, 1.82) is 0 Å². The second-order valence-electron chi connectivity index (χ2n) is 9.43. The summed E-state index contributed by atoms with van der Waals surface area (Å²) in [5.41, 5.74) is 3.32. The third kappa shape index (κ3) is 5.07. The number of methoxy groups -OCH3 is 1. The third-order valence-electron chi connectivity index (χ3n) is 7.31. The fourth-order valence-electron chi connectivity index (χ4n) is 5.40. The lowest BCUT2D eigenvalue weighted by Crippen LogP contribution is -2.61. The maximum atomic E-state index is 14.6. The number of para-hydroxylation sites is 1. The van der Waals surface area contributed by atoms with Crippen LogP contribution in [0.1, 0.15) is 11.1 Å². The van der Waals surface area contributed by atoms with Crippen LogP contribution in [0.5, 0.6) is 5.75 Å². The molecule has 1 saturated heterocycles. The molecule has 0 unspecified atom stereocenters. The van der Waals surface area contributed by atoms with Crippen LogP contribution in [0.3, 0.4) is 0 Å². The summed E-state index contributed by atoms with van der Waals surface area (Å²) in [6.07, 6.45) is 1.05. The number of carbonyl (C=O) groups is 1. The highest BCUT2D eigenvalue weighted by Crippen LogP contribution is 2.39. The van der Waals surface area contributed by atoms with E-state index in [1.807, 2.05) is 35.2 Å². The lowest BCUT2D eigenvalue weighted by molar-refractivity contribution is -0.384. The molecule has 2 aliphatic rings. The number of ether oxygens (including phenoxy) is 1. The maximum absolute atomic E-state index is 14.6. The Morgan fingerprint density at radius 3 is 2.62 bits per heavy atom. The van der Waals surface area contributed by atoms with Crippen LogP contribution in [0, 0.1) is 21.8 Å². The van der Waals surface area contributed by atoms with E-state index in [1.165, 1.54) is 12.1 Å². The Morgan fingerprint density at radius 2 is 1.89 bits per heavy atom. The molecule has 5 rings (SSSR count). The molecule has 0 radical (unpaired) electrons. The summed E-state index contributed by atoms with van der Waals surface area (Å²) in [4.78, 5) is 28.6. The molecule has 2 heterocycles. The summed E-state index contributed by atoms with van der Waals surface area (Å²) in [6, 6.07) is 19.1. The van der Waals surface area contributed by atoms with Gasteiger partial charge in [0, 0.05) is 44.0 Å². The Morgan fingerprint density at radius 1 is 1.11 bits per heavy atom. The molecule has 192 valence electrons. The van der Waals surface area contributed by atoms with Crippen molar-refractivity contribution in [2.75, 3.05) is 43.1 Å². The number of fused-ring (bicyclic) bond motifs is 3. The largest absolute Gasteiger partial charge is 0.497 e. The molecule has 0 aliphatic carbocycles. The van der Waals surface area contributed by atoms with Gasteiger partial charge >= 0.3 is 0 Å². The molecular formula is C28H29FN4O4. The molecule has 8 nitrogen and oxygen atoms in total. The molecule has 2 aliphatic heterocycles. The van der Waals surface area contributed by atoms with E-state index < -0.39 is 10.8 Å². The van der Waals surface area contributed by atoms with Crippen molar-refractivity contribution in [2.24, 2.45) is 5.92 Å². The number of nitrogens with one attached hydrogen (secondary N) is 1. The highest BCUT2D eigenvalue weighted by atomic mass is 19.1. The number of non-ortho nitro benzene ring substituents is 1. The Kier molecular flexibility index (Phi) is 6.94. The number of amides is 1. The summed E-state index contributed by atoms with van der Waals surface area (Å²) >= 11 is 0. The van der Waals surface area contributed by atoms with Gasteiger partial charge in [-0.25, -0.2) is 4.39 Å². The van der Waals surface area contributed by atoms with Crippen molar-refractivity contribution in [3.63, 3.8) is 0 Å². The standard InChI is InChI=1S/C28H29FN4O4/c1-37-22-9-6-19(7-10-22)12-13-30-28(34)23-17-20-16-21(33(35)36)8-11-25(20)32-15-14-31(18-27(23)32)26-5-3-2-4-24(26)29/h2-11,16,23,27H,12-15,17-18H2,1H3,(H,30,34)/t23-,27-/m1/s1. The first kappa shape index (κ1) is 24.5. The molecule has 0 bridgehead atoms. The molecule has 0 spiro atoms. The van der Waals surface area contributed by atoms with Crippen LogP contribution in [-0.2, 0) is 17.6 Å². The average Bonchev–Trinajstić information content (AvgIpc) is 2.92. The summed E-state index contributed by atoms with van der Waals surface area (Å²) < 4.78 is 19.8. The second kappa shape index (κ2) is 10.5.